The van der Waals surface area contributed by atoms with Crippen LogP contribution >= 0.6 is 0 Å². The summed E-state index contributed by atoms with van der Waals surface area (Å²) in [5.41, 5.74) is 3.12. The lowest BCUT2D eigenvalue weighted by Gasteiger charge is -2.36. The van der Waals surface area contributed by atoms with E-state index >= 15 is 0 Å². The third-order valence-corrected chi connectivity index (χ3v) is 6.02. The Hall–Kier alpha value is -3.80. The summed E-state index contributed by atoms with van der Waals surface area (Å²) in [6.45, 7) is 5.92. The van der Waals surface area contributed by atoms with Crippen molar-refractivity contribution in [2.75, 3.05) is 44.2 Å². The molecule has 1 unspecified atom stereocenters. The number of phenolic OH excluding ortho intramolecular Hbond substituents is 1. The zero-order valence-electron chi connectivity index (χ0n) is 19.1. The molecule has 4 rings (SSSR count). The highest BCUT2D eigenvalue weighted by Crippen LogP contribution is 2.25. The number of phenols is 1. The summed E-state index contributed by atoms with van der Waals surface area (Å²) in [7, 11) is 0. The van der Waals surface area contributed by atoms with Crippen LogP contribution in [0.15, 0.2) is 59.4 Å². The predicted octanol–water partition coefficient (Wildman–Crippen LogP) is 2.49. The predicted molar refractivity (Wildman–Crippen MR) is 130 cm³/mol. The molecule has 1 fully saturated rings. The first-order valence-electron chi connectivity index (χ1n) is 11.2. The second kappa shape index (κ2) is 10.4. The second-order valence-corrected chi connectivity index (χ2v) is 8.46. The van der Waals surface area contributed by atoms with Crippen molar-refractivity contribution in [3.63, 3.8) is 0 Å². The number of aliphatic hydroxyl groups is 1. The van der Waals surface area contributed by atoms with Crippen molar-refractivity contribution in [2.45, 2.75) is 13.0 Å². The van der Waals surface area contributed by atoms with E-state index in [1.807, 2.05) is 42.5 Å². The van der Waals surface area contributed by atoms with E-state index in [9.17, 15) is 15.0 Å². The average Bonchev–Trinajstić information content (AvgIpc) is 2.84. The highest BCUT2D eigenvalue weighted by molar-refractivity contribution is 5.67. The molecule has 1 aromatic heterocycles. The van der Waals surface area contributed by atoms with Crippen molar-refractivity contribution >= 4 is 5.69 Å². The third kappa shape index (κ3) is 5.57. The number of aryl methyl sites for hydroxylation is 1. The van der Waals surface area contributed by atoms with Gasteiger partial charge in [0.1, 0.15) is 35.8 Å². The topological polar surface area (TPSA) is 113 Å². The molecule has 1 aliphatic heterocycles. The van der Waals surface area contributed by atoms with Crippen LogP contribution in [0.5, 0.6) is 11.5 Å². The molecule has 8 heteroatoms. The molecular formula is C26H28N4O4. The van der Waals surface area contributed by atoms with Gasteiger partial charge < -0.3 is 24.8 Å². The number of rotatable bonds is 7. The molecule has 1 atom stereocenters. The van der Waals surface area contributed by atoms with Gasteiger partial charge in [-0.3, -0.25) is 9.69 Å². The van der Waals surface area contributed by atoms with Crippen LogP contribution in [-0.4, -0.2) is 65.5 Å². The fraction of sp³-hybridized carbons (Fsp3) is 0.308. The maximum Gasteiger partial charge on any atom is 0.266 e. The number of nitriles is 1. The molecule has 1 saturated heterocycles. The maximum absolute atomic E-state index is 11.8. The second-order valence-electron chi connectivity index (χ2n) is 8.46. The largest absolute Gasteiger partial charge is 0.508 e. The fourth-order valence-electron chi connectivity index (χ4n) is 4.13. The van der Waals surface area contributed by atoms with Crippen molar-refractivity contribution in [1.82, 2.24) is 9.88 Å². The van der Waals surface area contributed by atoms with Gasteiger partial charge in [-0.2, -0.15) is 5.26 Å². The number of anilines is 1. The van der Waals surface area contributed by atoms with Crippen LogP contribution in [0.25, 0.3) is 11.1 Å². The Morgan fingerprint density at radius 2 is 1.76 bits per heavy atom. The fourth-order valence-corrected chi connectivity index (χ4v) is 4.13. The van der Waals surface area contributed by atoms with Crippen LogP contribution in [0.2, 0.25) is 0 Å². The number of nitrogens with zero attached hydrogens (tertiary/aromatic N) is 3. The third-order valence-electron chi connectivity index (χ3n) is 6.02. The van der Waals surface area contributed by atoms with Gasteiger partial charge in [0.05, 0.1) is 0 Å². The van der Waals surface area contributed by atoms with Gasteiger partial charge in [0.25, 0.3) is 5.56 Å². The summed E-state index contributed by atoms with van der Waals surface area (Å²) >= 11 is 0. The lowest BCUT2D eigenvalue weighted by Crippen LogP contribution is -2.49. The molecular weight excluding hydrogens is 432 g/mol. The number of ether oxygens (including phenoxy) is 1. The summed E-state index contributed by atoms with van der Waals surface area (Å²) < 4.78 is 5.78. The Morgan fingerprint density at radius 1 is 1.09 bits per heavy atom. The van der Waals surface area contributed by atoms with E-state index < -0.39 is 6.10 Å². The first-order chi connectivity index (χ1) is 16.4. The molecule has 3 N–H and O–H groups in total. The van der Waals surface area contributed by atoms with E-state index in [2.05, 4.69) is 14.8 Å². The molecule has 0 aliphatic carbocycles. The molecule has 0 spiro atoms. The maximum atomic E-state index is 11.8. The molecule has 3 aromatic rings. The van der Waals surface area contributed by atoms with Gasteiger partial charge in [0, 0.05) is 49.7 Å². The SMILES string of the molecule is Cc1[nH]c(=O)c(C#N)cc1-c1ccc(OCC(O)CN2CCN(c3ccc(O)cc3)CC2)cc1. The van der Waals surface area contributed by atoms with Crippen LogP contribution in [0.1, 0.15) is 11.3 Å². The van der Waals surface area contributed by atoms with Crippen molar-refractivity contribution in [1.29, 1.82) is 5.26 Å². The minimum Gasteiger partial charge on any atom is -0.508 e. The quantitative estimate of drug-likeness (QED) is 0.497. The number of benzene rings is 2. The van der Waals surface area contributed by atoms with Gasteiger partial charge >= 0.3 is 0 Å². The summed E-state index contributed by atoms with van der Waals surface area (Å²) in [6, 6.07) is 18.1. The van der Waals surface area contributed by atoms with Gasteiger partial charge in [0.2, 0.25) is 0 Å². The molecule has 1 aliphatic rings. The van der Waals surface area contributed by atoms with Gasteiger partial charge in [-0.15, -0.1) is 0 Å². The molecule has 0 bridgehead atoms. The average molecular weight is 461 g/mol. The highest BCUT2D eigenvalue weighted by Gasteiger charge is 2.20. The minimum absolute atomic E-state index is 0.0768. The first kappa shape index (κ1) is 23.4. The van der Waals surface area contributed by atoms with Crippen molar-refractivity contribution in [3.8, 4) is 28.7 Å². The Labute approximate surface area is 198 Å². The first-order valence-corrected chi connectivity index (χ1v) is 11.2. The van der Waals surface area contributed by atoms with Crippen LogP contribution in [-0.2, 0) is 0 Å². The van der Waals surface area contributed by atoms with E-state index in [0.29, 0.717) is 18.0 Å². The lowest BCUT2D eigenvalue weighted by molar-refractivity contribution is 0.0663. The van der Waals surface area contributed by atoms with E-state index in [1.165, 1.54) is 0 Å². The number of hydrogen-bond donors (Lipinski definition) is 3. The number of nitrogens with one attached hydrogen (secondary N) is 1. The molecule has 8 nitrogen and oxygen atoms in total. The smallest absolute Gasteiger partial charge is 0.266 e. The summed E-state index contributed by atoms with van der Waals surface area (Å²) in [5, 5.41) is 29.0. The van der Waals surface area contributed by atoms with Crippen LogP contribution in [0.4, 0.5) is 5.69 Å². The Bertz CT molecular complexity index is 1210. The number of aromatic amines is 1. The molecule has 0 saturated carbocycles. The number of piperazine rings is 1. The van der Waals surface area contributed by atoms with Gasteiger partial charge in [-0.05, 0) is 55.0 Å². The Balaban J connectivity index is 1.26. The minimum atomic E-state index is -0.612. The molecule has 34 heavy (non-hydrogen) atoms. The molecule has 2 aromatic carbocycles. The summed E-state index contributed by atoms with van der Waals surface area (Å²) in [6.07, 6.45) is -0.612. The molecule has 176 valence electrons. The summed E-state index contributed by atoms with van der Waals surface area (Å²) in [4.78, 5) is 19.0. The zero-order chi connectivity index (χ0) is 24.1. The van der Waals surface area contributed by atoms with Gasteiger partial charge in [-0.1, -0.05) is 12.1 Å². The van der Waals surface area contributed by atoms with E-state index in [0.717, 1.165) is 43.0 Å². The summed E-state index contributed by atoms with van der Waals surface area (Å²) in [5.74, 6) is 0.905. The number of aromatic hydroxyl groups is 1. The van der Waals surface area contributed by atoms with Crippen LogP contribution in [0, 0.1) is 18.3 Å². The van der Waals surface area contributed by atoms with Gasteiger partial charge in [0.15, 0.2) is 0 Å². The van der Waals surface area contributed by atoms with Crippen molar-refractivity contribution < 1.29 is 14.9 Å². The zero-order valence-corrected chi connectivity index (χ0v) is 19.1. The number of hydrogen-bond acceptors (Lipinski definition) is 7. The number of aromatic nitrogens is 1. The normalized spacial score (nSPS) is 15.0. The standard InChI is InChI=1S/C26H28N4O4/c1-18-25(14-20(15-27)26(33)28-18)19-2-8-24(9-3-19)34-17-23(32)16-29-10-12-30(13-11-29)21-4-6-22(31)7-5-21/h2-9,14,23,31-32H,10-13,16-17H2,1H3,(H,28,33). The highest BCUT2D eigenvalue weighted by atomic mass is 16.5. The number of H-pyrrole nitrogens is 1. The lowest BCUT2D eigenvalue weighted by atomic mass is 10.0. The molecule has 0 amide bonds. The molecule has 0 radical (unpaired) electrons. The number of aliphatic hydroxyl groups excluding tert-OH is 1. The van der Waals surface area contributed by atoms with E-state index in [4.69, 9.17) is 10.00 Å². The number of pyridine rings is 1. The van der Waals surface area contributed by atoms with Crippen LogP contribution < -0.4 is 15.2 Å². The Morgan fingerprint density at radius 3 is 2.41 bits per heavy atom. The van der Waals surface area contributed by atoms with E-state index in [1.54, 1.807) is 25.1 Å². The Kier molecular flexibility index (Phi) is 7.16. The van der Waals surface area contributed by atoms with E-state index in [-0.39, 0.29) is 23.5 Å². The molecule has 2 heterocycles. The van der Waals surface area contributed by atoms with Gasteiger partial charge in [-0.25, -0.2) is 0 Å². The van der Waals surface area contributed by atoms with Crippen molar-refractivity contribution in [2.24, 2.45) is 0 Å². The van der Waals surface area contributed by atoms with Crippen molar-refractivity contribution in [3.05, 3.63) is 76.2 Å². The van der Waals surface area contributed by atoms with Crippen LogP contribution in [0.3, 0.4) is 0 Å². The number of β-amino-alcohol motifs (C(OH)–C–C–N with tert-alkyl or cyclic N) is 1. The monoisotopic (exact) mass is 460 g/mol.